The zero-order valence-corrected chi connectivity index (χ0v) is 16.6. The number of hydrogen-bond donors (Lipinski definition) is 2. The molecule has 0 aliphatic carbocycles. The molecule has 0 amide bonds. The molecular weight excluding hydrogens is 364 g/mol. The van der Waals surface area contributed by atoms with Crippen LogP contribution in [0.2, 0.25) is 0 Å². The second-order valence-corrected chi connectivity index (χ2v) is 7.08. The number of hydrogen-bond acceptors (Lipinski definition) is 6. The van der Waals surface area contributed by atoms with Crippen molar-refractivity contribution in [3.63, 3.8) is 0 Å². The van der Waals surface area contributed by atoms with Crippen LogP contribution in [0, 0.1) is 18.3 Å². The maximum Gasteiger partial charge on any atom is 0.146 e. The third-order valence-corrected chi connectivity index (χ3v) is 5.15. The van der Waals surface area contributed by atoms with Gasteiger partial charge in [0.05, 0.1) is 23.5 Å². The number of rotatable bonds is 5. The van der Waals surface area contributed by atoms with E-state index in [-0.39, 0.29) is 0 Å². The number of anilines is 1. The second kappa shape index (κ2) is 7.49. The van der Waals surface area contributed by atoms with E-state index in [2.05, 4.69) is 26.3 Å². The summed E-state index contributed by atoms with van der Waals surface area (Å²) in [7, 11) is 1.81. The molecule has 0 radical (unpaired) electrons. The monoisotopic (exact) mass is 386 g/mol. The molecular formula is C22H22N6O. The van der Waals surface area contributed by atoms with Crippen LogP contribution >= 0.6 is 0 Å². The van der Waals surface area contributed by atoms with Crippen molar-refractivity contribution < 1.29 is 5.11 Å². The summed E-state index contributed by atoms with van der Waals surface area (Å²) in [4.78, 5) is 13.4. The minimum atomic E-state index is -0.565. The highest BCUT2D eigenvalue weighted by Gasteiger charge is 2.17. The maximum atomic E-state index is 10.3. The predicted octanol–water partition coefficient (Wildman–Crippen LogP) is 4.00. The number of nitrogens with one attached hydrogen (secondary N) is 1. The van der Waals surface area contributed by atoms with E-state index in [1.54, 1.807) is 18.6 Å². The lowest BCUT2D eigenvalue weighted by Gasteiger charge is -2.14. The number of aromatic nitrogens is 4. The van der Waals surface area contributed by atoms with Crippen molar-refractivity contribution in [2.75, 3.05) is 12.4 Å². The Kier molecular flexibility index (Phi) is 4.87. The molecule has 7 heteroatoms. The SMILES string of the molecule is CCCC(O)c1cc(C)c(-c2cc3cnc(NC)cc3n3c(C#N)cnc23)cn1. The number of nitriles is 1. The number of aliphatic hydroxyl groups is 1. The molecule has 1 atom stereocenters. The van der Waals surface area contributed by atoms with Crippen molar-refractivity contribution >= 4 is 22.4 Å². The van der Waals surface area contributed by atoms with Gasteiger partial charge in [0.25, 0.3) is 0 Å². The van der Waals surface area contributed by atoms with E-state index < -0.39 is 6.10 Å². The lowest BCUT2D eigenvalue weighted by molar-refractivity contribution is 0.161. The zero-order chi connectivity index (χ0) is 20.5. The van der Waals surface area contributed by atoms with E-state index in [0.717, 1.165) is 39.8 Å². The van der Waals surface area contributed by atoms with E-state index in [1.807, 2.05) is 43.5 Å². The van der Waals surface area contributed by atoms with Gasteiger partial charge in [0, 0.05) is 42.0 Å². The number of pyridine rings is 3. The van der Waals surface area contributed by atoms with Crippen molar-refractivity contribution in [1.82, 2.24) is 19.4 Å². The van der Waals surface area contributed by atoms with Gasteiger partial charge in [-0.3, -0.25) is 9.38 Å². The Morgan fingerprint density at radius 2 is 1.97 bits per heavy atom. The van der Waals surface area contributed by atoms with Crippen LogP contribution in [-0.4, -0.2) is 31.5 Å². The van der Waals surface area contributed by atoms with E-state index >= 15 is 0 Å². The molecule has 7 nitrogen and oxygen atoms in total. The van der Waals surface area contributed by atoms with Gasteiger partial charge in [0.2, 0.25) is 0 Å². The van der Waals surface area contributed by atoms with Crippen molar-refractivity contribution in [3.8, 4) is 17.2 Å². The van der Waals surface area contributed by atoms with Crippen LogP contribution < -0.4 is 5.32 Å². The smallest absolute Gasteiger partial charge is 0.146 e. The van der Waals surface area contributed by atoms with Crippen LogP contribution in [-0.2, 0) is 0 Å². The van der Waals surface area contributed by atoms with Gasteiger partial charge < -0.3 is 10.4 Å². The molecule has 4 heterocycles. The van der Waals surface area contributed by atoms with E-state index in [1.165, 1.54) is 0 Å². The molecule has 0 saturated heterocycles. The topological polar surface area (TPSA) is 99.1 Å². The fourth-order valence-electron chi connectivity index (χ4n) is 3.64. The fourth-order valence-corrected chi connectivity index (χ4v) is 3.64. The first kappa shape index (κ1) is 18.8. The van der Waals surface area contributed by atoms with Gasteiger partial charge in [-0.15, -0.1) is 0 Å². The van der Waals surface area contributed by atoms with Crippen LogP contribution in [0.4, 0.5) is 5.82 Å². The highest BCUT2D eigenvalue weighted by atomic mass is 16.3. The Balaban J connectivity index is 1.97. The van der Waals surface area contributed by atoms with Crippen LogP contribution in [0.15, 0.2) is 36.8 Å². The van der Waals surface area contributed by atoms with Crippen molar-refractivity contribution in [1.29, 1.82) is 5.26 Å². The molecule has 0 spiro atoms. The summed E-state index contributed by atoms with van der Waals surface area (Å²) in [6.07, 6.45) is 6.15. The first-order valence-electron chi connectivity index (χ1n) is 9.60. The second-order valence-electron chi connectivity index (χ2n) is 7.08. The predicted molar refractivity (Wildman–Crippen MR) is 113 cm³/mol. The molecule has 0 fully saturated rings. The number of aliphatic hydroxyl groups excluding tert-OH is 1. The third-order valence-electron chi connectivity index (χ3n) is 5.15. The molecule has 1 unspecified atom stereocenters. The summed E-state index contributed by atoms with van der Waals surface area (Å²) in [6.45, 7) is 4.03. The van der Waals surface area contributed by atoms with E-state index in [9.17, 15) is 10.4 Å². The van der Waals surface area contributed by atoms with Crippen LogP contribution in [0.1, 0.15) is 42.8 Å². The Morgan fingerprint density at radius 1 is 1.14 bits per heavy atom. The molecule has 4 rings (SSSR count). The Labute approximate surface area is 168 Å². The van der Waals surface area contributed by atoms with Gasteiger partial charge in [0.15, 0.2) is 0 Å². The molecule has 4 aromatic heterocycles. The van der Waals surface area contributed by atoms with Gasteiger partial charge in [0.1, 0.15) is 23.2 Å². The first-order chi connectivity index (χ1) is 14.1. The fraction of sp³-hybridized carbons (Fsp3) is 0.273. The maximum absolute atomic E-state index is 10.3. The highest BCUT2D eigenvalue weighted by Crippen LogP contribution is 2.33. The van der Waals surface area contributed by atoms with Gasteiger partial charge in [-0.05, 0) is 31.0 Å². The molecule has 0 aliphatic heterocycles. The largest absolute Gasteiger partial charge is 0.387 e. The zero-order valence-electron chi connectivity index (χ0n) is 16.6. The summed E-state index contributed by atoms with van der Waals surface area (Å²) in [5.74, 6) is 0.719. The quantitative estimate of drug-likeness (QED) is 0.538. The summed E-state index contributed by atoms with van der Waals surface area (Å²) in [5.41, 5.74) is 5.46. The number of aryl methyl sites for hydroxylation is 1. The Hall–Kier alpha value is -3.50. The van der Waals surface area contributed by atoms with Gasteiger partial charge in [-0.1, -0.05) is 13.3 Å². The van der Waals surface area contributed by atoms with Crippen molar-refractivity contribution in [2.24, 2.45) is 0 Å². The lowest BCUT2D eigenvalue weighted by atomic mass is 10.00. The minimum Gasteiger partial charge on any atom is -0.387 e. The molecule has 4 aromatic rings. The van der Waals surface area contributed by atoms with Gasteiger partial charge >= 0.3 is 0 Å². The molecule has 29 heavy (non-hydrogen) atoms. The standard InChI is InChI=1S/C22H22N6O/c1-4-5-20(29)18-6-13(2)17(12-25-18)16-7-14-10-26-21(24-3)8-19(14)28-15(9-23)11-27-22(16)28/h6-8,10-12,20,29H,4-5H2,1-3H3,(H,24,26). The van der Waals surface area contributed by atoms with Crippen molar-refractivity contribution in [2.45, 2.75) is 32.8 Å². The van der Waals surface area contributed by atoms with Crippen LogP contribution in [0.5, 0.6) is 0 Å². The van der Waals surface area contributed by atoms with Crippen LogP contribution in [0.3, 0.4) is 0 Å². The summed E-state index contributed by atoms with van der Waals surface area (Å²) < 4.78 is 1.85. The third kappa shape index (κ3) is 3.18. The molecule has 2 N–H and O–H groups in total. The first-order valence-corrected chi connectivity index (χ1v) is 9.60. The van der Waals surface area contributed by atoms with E-state index in [4.69, 9.17) is 0 Å². The van der Waals surface area contributed by atoms with Gasteiger partial charge in [-0.25, -0.2) is 9.97 Å². The minimum absolute atomic E-state index is 0.459. The summed E-state index contributed by atoms with van der Waals surface area (Å²) >= 11 is 0. The molecule has 0 bridgehead atoms. The van der Waals surface area contributed by atoms with Crippen LogP contribution in [0.25, 0.3) is 27.7 Å². The normalized spacial score (nSPS) is 12.2. The average Bonchev–Trinajstić information content (AvgIpc) is 3.17. The summed E-state index contributed by atoms with van der Waals surface area (Å²) in [6, 6.07) is 8.08. The molecule has 0 aromatic carbocycles. The Morgan fingerprint density at radius 3 is 2.66 bits per heavy atom. The molecule has 0 aliphatic rings. The van der Waals surface area contributed by atoms with Gasteiger partial charge in [-0.2, -0.15) is 5.26 Å². The average molecular weight is 386 g/mol. The van der Waals surface area contributed by atoms with E-state index in [0.29, 0.717) is 23.5 Å². The molecule has 0 saturated carbocycles. The Bertz CT molecular complexity index is 1250. The number of fused-ring (bicyclic) bond motifs is 3. The van der Waals surface area contributed by atoms with Crippen molar-refractivity contribution in [3.05, 3.63) is 53.7 Å². The highest BCUT2D eigenvalue weighted by molar-refractivity contribution is 5.93. The summed E-state index contributed by atoms with van der Waals surface area (Å²) in [5, 5.41) is 23.8. The lowest BCUT2D eigenvalue weighted by Crippen LogP contribution is -2.02. The molecule has 146 valence electrons. The number of imidazole rings is 1. The number of nitrogens with zero attached hydrogens (tertiary/aromatic N) is 5.